The molecule has 1 amide bonds. The third-order valence-electron chi connectivity index (χ3n) is 4.79. The Hall–Kier alpha value is -2.05. The quantitative estimate of drug-likeness (QED) is 0.601. The van der Waals surface area contributed by atoms with Crippen molar-refractivity contribution in [3.8, 4) is 0 Å². The lowest BCUT2D eigenvalue weighted by atomic mass is 9.85. The number of ketones is 1. The lowest BCUT2D eigenvalue weighted by molar-refractivity contribution is 0.00249. The molecule has 2 atom stereocenters. The van der Waals surface area contributed by atoms with Gasteiger partial charge in [-0.2, -0.15) is 13.8 Å². The Morgan fingerprint density at radius 1 is 1.16 bits per heavy atom. The molecule has 0 radical (unpaired) electrons. The van der Waals surface area contributed by atoms with E-state index < -0.39 is 23.4 Å². The molecule has 3 heterocycles. The van der Waals surface area contributed by atoms with Crippen LogP contribution in [0.1, 0.15) is 56.8 Å². The maximum atomic E-state index is 13.8. The molecule has 2 bridgehead atoms. The second kappa shape index (κ2) is 6.35. The van der Waals surface area contributed by atoms with Crippen molar-refractivity contribution in [3.63, 3.8) is 0 Å². The van der Waals surface area contributed by atoms with Gasteiger partial charge in [-0.15, -0.1) is 0 Å². The van der Waals surface area contributed by atoms with E-state index in [0.717, 1.165) is 25.0 Å². The van der Waals surface area contributed by atoms with Gasteiger partial charge in [0.05, 0.1) is 5.56 Å². The molecule has 3 rings (SSSR count). The predicted molar refractivity (Wildman–Crippen MR) is 86.1 cm³/mol. The molecule has 7 heteroatoms. The number of amides is 1. The van der Waals surface area contributed by atoms with Crippen molar-refractivity contribution in [1.29, 1.82) is 0 Å². The van der Waals surface area contributed by atoms with Crippen molar-refractivity contribution in [2.45, 2.75) is 64.1 Å². The number of ether oxygens (including phenoxy) is 1. The van der Waals surface area contributed by atoms with Crippen LogP contribution in [-0.2, 0) is 4.74 Å². The average Bonchev–Trinajstić information content (AvgIpc) is 2.75. The van der Waals surface area contributed by atoms with Gasteiger partial charge >= 0.3 is 6.09 Å². The van der Waals surface area contributed by atoms with E-state index >= 15 is 0 Å². The molecular formula is C18H22F2N2O3. The molecule has 0 aromatic carbocycles. The summed E-state index contributed by atoms with van der Waals surface area (Å²) in [5.74, 6) is -2.79. The van der Waals surface area contributed by atoms with Crippen LogP contribution in [0.3, 0.4) is 0 Å². The maximum absolute atomic E-state index is 13.8. The molecule has 0 N–H and O–H groups in total. The minimum atomic E-state index is -1.08. The lowest BCUT2D eigenvalue weighted by Gasteiger charge is -2.39. The van der Waals surface area contributed by atoms with Crippen LogP contribution in [0.5, 0.6) is 0 Å². The van der Waals surface area contributed by atoms with Crippen molar-refractivity contribution in [2.75, 3.05) is 0 Å². The fourth-order valence-electron chi connectivity index (χ4n) is 3.82. The van der Waals surface area contributed by atoms with Gasteiger partial charge in [0, 0.05) is 18.0 Å². The molecule has 5 nitrogen and oxygen atoms in total. The Kier molecular flexibility index (Phi) is 4.51. The Labute approximate surface area is 145 Å². The summed E-state index contributed by atoms with van der Waals surface area (Å²) >= 11 is 0. The summed E-state index contributed by atoms with van der Waals surface area (Å²) in [4.78, 5) is 29.9. The van der Waals surface area contributed by atoms with E-state index in [1.165, 1.54) is 0 Å². The summed E-state index contributed by atoms with van der Waals surface area (Å²) < 4.78 is 32.2. The van der Waals surface area contributed by atoms with Gasteiger partial charge in [-0.1, -0.05) is 0 Å². The maximum Gasteiger partial charge on any atom is 0.410 e. The fraction of sp³-hybridized carbons (Fsp3) is 0.611. The Balaban J connectivity index is 1.73. The molecule has 0 spiro atoms. The van der Waals surface area contributed by atoms with Crippen LogP contribution in [0.4, 0.5) is 13.6 Å². The number of Topliss-reactive ketones (excluding diaryl/α,β-unsaturated/α-hetero) is 1. The summed E-state index contributed by atoms with van der Waals surface area (Å²) in [5.41, 5.74) is -0.761. The fourth-order valence-corrected chi connectivity index (χ4v) is 3.82. The number of fused-ring (bicyclic) bond motifs is 2. The third kappa shape index (κ3) is 3.65. The van der Waals surface area contributed by atoms with Crippen molar-refractivity contribution in [2.24, 2.45) is 5.92 Å². The van der Waals surface area contributed by atoms with E-state index in [9.17, 15) is 18.4 Å². The van der Waals surface area contributed by atoms with Gasteiger partial charge in [0.1, 0.15) is 5.60 Å². The summed E-state index contributed by atoms with van der Waals surface area (Å²) in [6.07, 6.45) is 2.17. The van der Waals surface area contributed by atoms with Gasteiger partial charge < -0.3 is 9.64 Å². The Bertz CT molecular complexity index is 688. The van der Waals surface area contributed by atoms with Gasteiger partial charge in [0.25, 0.3) is 0 Å². The first-order valence-corrected chi connectivity index (χ1v) is 8.53. The number of hydrogen-bond donors (Lipinski definition) is 0. The van der Waals surface area contributed by atoms with E-state index in [1.807, 2.05) is 20.8 Å². The highest BCUT2D eigenvalue weighted by Gasteiger charge is 2.46. The second-order valence-electron chi connectivity index (χ2n) is 7.78. The number of hydrogen-bond acceptors (Lipinski definition) is 4. The minimum absolute atomic E-state index is 0.0842. The van der Waals surface area contributed by atoms with Crippen molar-refractivity contribution >= 4 is 11.9 Å². The molecular weight excluding hydrogens is 330 g/mol. The van der Waals surface area contributed by atoms with Crippen molar-refractivity contribution in [3.05, 3.63) is 29.6 Å². The summed E-state index contributed by atoms with van der Waals surface area (Å²) in [7, 11) is 0. The molecule has 25 heavy (non-hydrogen) atoms. The van der Waals surface area contributed by atoms with Crippen LogP contribution in [0, 0.1) is 17.8 Å². The normalized spacial score (nSPS) is 25.8. The highest BCUT2D eigenvalue weighted by molar-refractivity contribution is 5.98. The van der Waals surface area contributed by atoms with Crippen LogP contribution in [0.25, 0.3) is 0 Å². The third-order valence-corrected chi connectivity index (χ3v) is 4.79. The lowest BCUT2D eigenvalue weighted by Crippen LogP contribution is -2.49. The van der Waals surface area contributed by atoms with E-state index in [1.54, 1.807) is 4.90 Å². The predicted octanol–water partition coefficient (Wildman–Crippen LogP) is 3.72. The number of halogens is 2. The van der Waals surface area contributed by atoms with Gasteiger partial charge in [-0.05, 0) is 58.6 Å². The van der Waals surface area contributed by atoms with Gasteiger partial charge in [-0.3, -0.25) is 4.79 Å². The summed E-state index contributed by atoms with van der Waals surface area (Å²) in [5, 5.41) is 0. The van der Waals surface area contributed by atoms with E-state index in [-0.39, 0.29) is 29.5 Å². The Morgan fingerprint density at radius 3 is 2.28 bits per heavy atom. The number of piperidine rings is 1. The van der Waals surface area contributed by atoms with Crippen LogP contribution in [-0.4, -0.2) is 39.4 Å². The van der Waals surface area contributed by atoms with Crippen LogP contribution >= 0.6 is 0 Å². The molecule has 136 valence electrons. The first kappa shape index (κ1) is 17.8. The first-order chi connectivity index (χ1) is 11.7. The molecule has 1 aromatic rings. The average molecular weight is 352 g/mol. The second-order valence-corrected chi connectivity index (χ2v) is 7.78. The van der Waals surface area contributed by atoms with Crippen LogP contribution < -0.4 is 0 Å². The first-order valence-electron chi connectivity index (χ1n) is 8.53. The monoisotopic (exact) mass is 352 g/mol. The number of carbonyl (C=O) groups excluding carboxylic acids is 2. The van der Waals surface area contributed by atoms with Gasteiger partial charge in [0.15, 0.2) is 5.78 Å². The number of aromatic nitrogens is 1. The van der Waals surface area contributed by atoms with Gasteiger partial charge in [0.2, 0.25) is 11.9 Å². The highest BCUT2D eigenvalue weighted by Crippen LogP contribution is 2.40. The van der Waals surface area contributed by atoms with E-state index in [4.69, 9.17) is 4.74 Å². The Morgan fingerprint density at radius 2 is 1.76 bits per heavy atom. The van der Waals surface area contributed by atoms with Crippen molar-refractivity contribution in [1.82, 2.24) is 9.88 Å². The number of rotatable bonds is 2. The number of pyridine rings is 1. The highest BCUT2D eigenvalue weighted by atomic mass is 19.1. The van der Waals surface area contributed by atoms with E-state index in [2.05, 4.69) is 4.98 Å². The molecule has 2 aliphatic rings. The zero-order chi connectivity index (χ0) is 18.4. The van der Waals surface area contributed by atoms with Crippen molar-refractivity contribution < 1.29 is 23.1 Å². The zero-order valence-corrected chi connectivity index (χ0v) is 14.6. The molecule has 0 saturated carbocycles. The largest absolute Gasteiger partial charge is 0.444 e. The molecule has 1 aromatic heterocycles. The number of nitrogens with zero attached hydrogens (tertiary/aromatic N) is 2. The number of carbonyl (C=O) groups is 2. The topological polar surface area (TPSA) is 59.5 Å². The summed E-state index contributed by atoms with van der Waals surface area (Å²) in [6, 6.07) is 1.96. The zero-order valence-electron chi connectivity index (χ0n) is 14.6. The van der Waals surface area contributed by atoms with Gasteiger partial charge in [-0.25, -0.2) is 4.79 Å². The molecule has 2 aliphatic heterocycles. The summed E-state index contributed by atoms with van der Waals surface area (Å²) in [6.45, 7) is 5.44. The molecule has 2 saturated heterocycles. The minimum Gasteiger partial charge on any atom is -0.444 e. The molecule has 2 fully saturated rings. The smallest absolute Gasteiger partial charge is 0.410 e. The van der Waals surface area contributed by atoms with E-state index in [0.29, 0.717) is 12.8 Å². The van der Waals surface area contributed by atoms with Crippen LogP contribution in [0.2, 0.25) is 0 Å². The standard InChI is InChI=1S/C18H22F2N2O3/c1-18(2,3)25-17(24)22-11-4-5-12(22)9-10(8-11)15(23)13-6-7-14(19)21-16(13)20/h6-7,10-12H,4-5,8-9H2,1-3H3. The van der Waals surface area contributed by atoms with Crippen LogP contribution in [0.15, 0.2) is 12.1 Å². The molecule has 0 aliphatic carbocycles. The SMILES string of the molecule is CC(C)(C)OC(=O)N1C2CCC1CC(C(=O)c1ccc(F)nc1F)C2. The molecule has 2 unspecified atom stereocenters.